The molecule has 0 bridgehead atoms. The van der Waals surface area contributed by atoms with E-state index >= 15 is 0 Å². The predicted molar refractivity (Wildman–Crippen MR) is 166 cm³/mol. The summed E-state index contributed by atoms with van der Waals surface area (Å²) in [4.78, 5) is 16.3. The molecule has 14 heteroatoms. The summed E-state index contributed by atoms with van der Waals surface area (Å²) in [6.07, 6.45) is 1.78. The van der Waals surface area contributed by atoms with Crippen molar-refractivity contribution in [1.29, 1.82) is 0 Å². The average molecular weight is 624 g/mol. The average Bonchev–Trinajstić information content (AvgIpc) is 2.77. The third-order valence-corrected chi connectivity index (χ3v) is 6.62. The highest BCUT2D eigenvalue weighted by molar-refractivity contribution is 7.99. The Morgan fingerprint density at radius 3 is 2.00 bits per heavy atom. The van der Waals surface area contributed by atoms with Gasteiger partial charge in [0.05, 0.1) is 7.11 Å². The third-order valence-electron chi connectivity index (χ3n) is 5.79. The molecule has 0 atom stereocenters. The van der Waals surface area contributed by atoms with Gasteiger partial charge in [0, 0.05) is 50.5 Å². The predicted octanol–water partition coefficient (Wildman–Crippen LogP) is 2.76. The molecule has 37 heavy (non-hydrogen) atoms. The molecule has 0 radical (unpaired) electrons. The zero-order valence-electron chi connectivity index (χ0n) is 21.7. The molecular weight excluding hydrogens is 580 g/mol. The van der Waals surface area contributed by atoms with Crippen molar-refractivity contribution in [3.8, 4) is 5.75 Å². The van der Waals surface area contributed by atoms with E-state index in [-0.39, 0.29) is 55.1 Å². The SMILES string of the molecule is COc1ccccc1Cc1c(N)nc(SCCN2CCN(CCCN(C)C)CC2)nc1N.Cl.Cl.Cl.Cl.O. The summed E-state index contributed by atoms with van der Waals surface area (Å²) >= 11 is 1.62. The van der Waals surface area contributed by atoms with E-state index in [1.807, 2.05) is 24.3 Å². The van der Waals surface area contributed by atoms with Crippen LogP contribution in [-0.2, 0) is 6.42 Å². The maximum atomic E-state index is 6.25. The Balaban J connectivity index is -0.00000231. The van der Waals surface area contributed by atoms with E-state index in [1.165, 1.54) is 13.0 Å². The first-order valence-corrected chi connectivity index (χ1v) is 12.2. The van der Waals surface area contributed by atoms with Crippen molar-refractivity contribution in [2.75, 3.05) is 84.2 Å². The maximum absolute atomic E-state index is 6.25. The summed E-state index contributed by atoms with van der Waals surface area (Å²) in [5.41, 5.74) is 14.3. The number of halogens is 4. The Hall–Kier alpha value is -0.950. The number of nitrogens with zero attached hydrogens (tertiary/aromatic N) is 5. The summed E-state index contributed by atoms with van der Waals surface area (Å²) < 4.78 is 5.43. The number of nitrogen functional groups attached to an aromatic ring is 2. The normalized spacial score (nSPS) is 13.3. The number of thioether (sulfide) groups is 1. The third kappa shape index (κ3) is 13.1. The van der Waals surface area contributed by atoms with Gasteiger partial charge in [-0.1, -0.05) is 30.0 Å². The minimum absolute atomic E-state index is 0. The number of hydrogen-bond donors (Lipinski definition) is 2. The molecule has 9 nitrogen and oxygen atoms in total. The van der Waals surface area contributed by atoms with E-state index in [4.69, 9.17) is 16.2 Å². The lowest BCUT2D eigenvalue weighted by molar-refractivity contribution is 0.134. The van der Waals surface area contributed by atoms with Crippen LogP contribution < -0.4 is 16.2 Å². The minimum Gasteiger partial charge on any atom is -0.496 e. The van der Waals surface area contributed by atoms with Crippen LogP contribution in [0.25, 0.3) is 0 Å². The highest BCUT2D eigenvalue weighted by Crippen LogP contribution is 2.27. The molecule has 6 N–H and O–H groups in total. The molecule has 0 spiro atoms. The Morgan fingerprint density at radius 2 is 1.46 bits per heavy atom. The summed E-state index contributed by atoms with van der Waals surface area (Å²) in [6, 6.07) is 7.84. The largest absolute Gasteiger partial charge is 0.496 e. The first-order valence-electron chi connectivity index (χ1n) is 11.2. The Bertz CT molecular complexity index is 856. The van der Waals surface area contributed by atoms with E-state index in [0.29, 0.717) is 23.2 Å². The maximum Gasteiger partial charge on any atom is 0.191 e. The van der Waals surface area contributed by atoms with Gasteiger partial charge in [-0.25, -0.2) is 9.97 Å². The Morgan fingerprint density at radius 1 is 0.919 bits per heavy atom. The monoisotopic (exact) mass is 621 g/mol. The van der Waals surface area contributed by atoms with Gasteiger partial charge in [-0.05, 0) is 45.2 Å². The molecule has 2 aromatic rings. The molecule has 1 aliphatic rings. The smallest absolute Gasteiger partial charge is 0.191 e. The van der Waals surface area contributed by atoms with Crippen LogP contribution >= 0.6 is 61.4 Å². The van der Waals surface area contributed by atoms with Gasteiger partial charge in [-0.3, -0.25) is 4.90 Å². The van der Waals surface area contributed by atoms with Gasteiger partial charge >= 0.3 is 0 Å². The minimum atomic E-state index is 0. The highest BCUT2D eigenvalue weighted by atomic mass is 35.5. The second-order valence-electron chi connectivity index (χ2n) is 8.43. The van der Waals surface area contributed by atoms with Crippen LogP contribution in [0.4, 0.5) is 11.6 Å². The molecule has 216 valence electrons. The number of ether oxygens (including phenoxy) is 1. The van der Waals surface area contributed by atoms with Gasteiger partial charge in [0.2, 0.25) is 0 Å². The molecule has 3 rings (SSSR count). The molecule has 1 aromatic heterocycles. The highest BCUT2D eigenvalue weighted by Gasteiger charge is 2.17. The van der Waals surface area contributed by atoms with E-state index < -0.39 is 0 Å². The second-order valence-corrected chi connectivity index (χ2v) is 9.49. The van der Waals surface area contributed by atoms with E-state index in [0.717, 1.165) is 61.9 Å². The number of methoxy groups -OCH3 is 1. The van der Waals surface area contributed by atoms with E-state index in [1.54, 1.807) is 18.9 Å². The first-order chi connectivity index (χ1) is 15.5. The molecular formula is C23H43Cl4N7O2S. The number of benzene rings is 1. The van der Waals surface area contributed by atoms with Gasteiger partial charge in [0.25, 0.3) is 0 Å². The van der Waals surface area contributed by atoms with Crippen molar-refractivity contribution >= 4 is 73.0 Å². The fraction of sp³-hybridized carbons (Fsp3) is 0.565. The summed E-state index contributed by atoms with van der Waals surface area (Å²) in [7, 11) is 5.93. The van der Waals surface area contributed by atoms with Gasteiger partial charge in [-0.2, -0.15) is 0 Å². The van der Waals surface area contributed by atoms with Crippen LogP contribution in [-0.4, -0.2) is 103 Å². The number of hydrogen-bond acceptors (Lipinski definition) is 9. The molecule has 0 unspecified atom stereocenters. The zero-order valence-corrected chi connectivity index (χ0v) is 25.8. The molecule has 1 saturated heterocycles. The van der Waals surface area contributed by atoms with Crippen molar-refractivity contribution in [2.24, 2.45) is 0 Å². The Kier molecular flexibility index (Phi) is 22.9. The van der Waals surface area contributed by atoms with Gasteiger partial charge in [0.1, 0.15) is 17.4 Å². The van der Waals surface area contributed by atoms with E-state index in [2.05, 4.69) is 38.8 Å². The molecule has 0 aliphatic carbocycles. The quantitative estimate of drug-likeness (QED) is 0.287. The fourth-order valence-electron chi connectivity index (χ4n) is 3.90. The number of para-hydroxylation sites is 1. The number of piperazine rings is 1. The standard InChI is InChI=1S/C23H37N7OS.4ClH.H2O/c1-28(2)9-6-10-29-11-13-30(14-12-29)15-16-32-23-26-21(24)19(22(25)27-23)17-18-7-4-5-8-20(18)31-3;;;;;/h4-5,7-8H,6,9-17H2,1-3H3,(H4,24,25,26,27);4*1H;1H2. The van der Waals surface area contributed by atoms with Crippen molar-refractivity contribution in [1.82, 2.24) is 24.7 Å². The van der Waals surface area contributed by atoms with Gasteiger partial charge in [-0.15, -0.1) is 49.6 Å². The van der Waals surface area contributed by atoms with Crippen molar-refractivity contribution in [3.05, 3.63) is 35.4 Å². The topological polar surface area (TPSA) is 128 Å². The van der Waals surface area contributed by atoms with Crippen LogP contribution in [0.5, 0.6) is 5.75 Å². The fourth-order valence-corrected chi connectivity index (χ4v) is 4.75. The number of anilines is 2. The van der Waals surface area contributed by atoms with Crippen molar-refractivity contribution < 1.29 is 10.2 Å². The number of rotatable bonds is 11. The van der Waals surface area contributed by atoms with Crippen LogP contribution in [0.15, 0.2) is 29.4 Å². The van der Waals surface area contributed by atoms with Crippen LogP contribution in [0, 0.1) is 0 Å². The van der Waals surface area contributed by atoms with Gasteiger partial charge in [0.15, 0.2) is 5.16 Å². The number of aromatic nitrogens is 2. The van der Waals surface area contributed by atoms with Crippen molar-refractivity contribution in [2.45, 2.75) is 18.0 Å². The molecule has 2 heterocycles. The summed E-state index contributed by atoms with van der Waals surface area (Å²) in [5.74, 6) is 2.61. The molecule has 0 amide bonds. The van der Waals surface area contributed by atoms with Gasteiger partial charge < -0.3 is 31.5 Å². The molecule has 1 fully saturated rings. The van der Waals surface area contributed by atoms with Crippen LogP contribution in [0.1, 0.15) is 17.5 Å². The molecule has 1 aliphatic heterocycles. The summed E-state index contributed by atoms with van der Waals surface area (Å²) in [6.45, 7) is 7.88. The van der Waals surface area contributed by atoms with Crippen molar-refractivity contribution in [3.63, 3.8) is 0 Å². The first kappa shape index (κ1) is 40.5. The lowest BCUT2D eigenvalue weighted by atomic mass is 10.1. The van der Waals surface area contributed by atoms with E-state index in [9.17, 15) is 0 Å². The van der Waals surface area contributed by atoms with Crippen LogP contribution in [0.2, 0.25) is 0 Å². The lowest BCUT2D eigenvalue weighted by Gasteiger charge is -2.34. The Labute approximate surface area is 250 Å². The molecule has 1 aromatic carbocycles. The van der Waals surface area contributed by atoms with Crippen LogP contribution in [0.3, 0.4) is 0 Å². The molecule has 0 saturated carbocycles. The lowest BCUT2D eigenvalue weighted by Crippen LogP contribution is -2.47. The second kappa shape index (κ2) is 20.9. The zero-order chi connectivity index (χ0) is 22.9. The summed E-state index contributed by atoms with van der Waals surface area (Å²) in [5, 5.41) is 0.645. The number of nitrogens with two attached hydrogens (primary N) is 2.